The SMILES string of the molecule is O=C(Nc1cccc(-c2ccn[nH]2)c1)c1sccc1S(=O)(=O)N1CCOCC1. The van der Waals surface area contributed by atoms with Crippen molar-refractivity contribution in [1.82, 2.24) is 14.5 Å². The topological polar surface area (TPSA) is 104 Å². The van der Waals surface area contributed by atoms with Crippen molar-refractivity contribution in [2.75, 3.05) is 31.6 Å². The maximum Gasteiger partial charge on any atom is 0.267 e. The van der Waals surface area contributed by atoms with Gasteiger partial charge in [0.05, 0.1) is 18.9 Å². The van der Waals surface area contributed by atoms with E-state index in [0.29, 0.717) is 18.9 Å². The molecule has 1 aromatic carbocycles. The maximum atomic E-state index is 12.9. The van der Waals surface area contributed by atoms with Crippen molar-refractivity contribution in [3.8, 4) is 11.3 Å². The second-order valence-electron chi connectivity index (χ2n) is 6.14. The number of carbonyl (C=O) groups excluding carboxylic acids is 1. The minimum absolute atomic E-state index is 0.0293. The first-order chi connectivity index (χ1) is 13.6. The fraction of sp³-hybridized carbons (Fsp3) is 0.222. The first-order valence-electron chi connectivity index (χ1n) is 8.62. The minimum atomic E-state index is -3.74. The van der Waals surface area contributed by atoms with Gasteiger partial charge in [-0.3, -0.25) is 9.89 Å². The number of rotatable bonds is 5. The smallest absolute Gasteiger partial charge is 0.267 e. The summed E-state index contributed by atoms with van der Waals surface area (Å²) in [6.45, 7) is 1.27. The van der Waals surface area contributed by atoms with E-state index in [2.05, 4.69) is 15.5 Å². The third-order valence-corrected chi connectivity index (χ3v) is 7.34. The zero-order valence-corrected chi connectivity index (χ0v) is 16.4. The predicted octanol–water partition coefficient (Wildman–Crippen LogP) is 2.41. The number of sulfonamides is 1. The van der Waals surface area contributed by atoms with Gasteiger partial charge in [0.2, 0.25) is 10.0 Å². The maximum absolute atomic E-state index is 12.9. The Labute approximate surface area is 166 Å². The van der Waals surface area contributed by atoms with Gasteiger partial charge in [-0.1, -0.05) is 12.1 Å². The van der Waals surface area contributed by atoms with Crippen LogP contribution in [0.25, 0.3) is 11.3 Å². The third kappa shape index (κ3) is 3.72. The van der Waals surface area contributed by atoms with Crippen LogP contribution in [0.4, 0.5) is 5.69 Å². The number of carbonyl (C=O) groups is 1. The molecule has 146 valence electrons. The molecule has 0 spiro atoms. The molecule has 2 aromatic heterocycles. The first-order valence-corrected chi connectivity index (χ1v) is 10.9. The quantitative estimate of drug-likeness (QED) is 0.662. The van der Waals surface area contributed by atoms with Crippen molar-refractivity contribution >= 4 is 33.0 Å². The normalized spacial score (nSPS) is 15.4. The molecular formula is C18H18N4O4S2. The highest BCUT2D eigenvalue weighted by Crippen LogP contribution is 2.27. The second kappa shape index (κ2) is 7.84. The van der Waals surface area contributed by atoms with E-state index >= 15 is 0 Å². The Morgan fingerprint density at radius 2 is 2.04 bits per heavy atom. The molecule has 1 amide bonds. The van der Waals surface area contributed by atoms with Crippen molar-refractivity contribution < 1.29 is 17.9 Å². The molecule has 0 aliphatic carbocycles. The molecule has 0 bridgehead atoms. The molecule has 3 aromatic rings. The van der Waals surface area contributed by atoms with Gasteiger partial charge >= 0.3 is 0 Å². The Morgan fingerprint density at radius 3 is 2.79 bits per heavy atom. The van der Waals surface area contributed by atoms with Crippen LogP contribution in [0.1, 0.15) is 9.67 Å². The van der Waals surface area contributed by atoms with Gasteiger partial charge in [0.25, 0.3) is 5.91 Å². The highest BCUT2D eigenvalue weighted by molar-refractivity contribution is 7.89. The van der Waals surface area contributed by atoms with Gasteiger partial charge in [0.15, 0.2) is 0 Å². The molecule has 1 fully saturated rings. The molecule has 1 saturated heterocycles. The van der Waals surface area contributed by atoms with Crippen LogP contribution in [0.2, 0.25) is 0 Å². The van der Waals surface area contributed by atoms with E-state index in [4.69, 9.17) is 4.74 Å². The van der Waals surface area contributed by atoms with Crippen LogP contribution in [0.3, 0.4) is 0 Å². The van der Waals surface area contributed by atoms with Crippen LogP contribution in [-0.2, 0) is 14.8 Å². The number of nitrogens with one attached hydrogen (secondary N) is 2. The zero-order valence-electron chi connectivity index (χ0n) is 14.8. The monoisotopic (exact) mass is 418 g/mol. The summed E-state index contributed by atoms with van der Waals surface area (Å²) >= 11 is 1.10. The Kier molecular flexibility index (Phi) is 5.27. The number of benzene rings is 1. The summed E-state index contributed by atoms with van der Waals surface area (Å²) < 4.78 is 32.4. The molecule has 1 aliphatic heterocycles. The molecule has 28 heavy (non-hydrogen) atoms. The Balaban J connectivity index is 1.57. The van der Waals surface area contributed by atoms with E-state index in [1.54, 1.807) is 23.7 Å². The zero-order chi connectivity index (χ0) is 19.6. The van der Waals surface area contributed by atoms with Gasteiger partial charge in [0, 0.05) is 30.5 Å². The van der Waals surface area contributed by atoms with Crippen LogP contribution in [0.15, 0.2) is 52.9 Å². The van der Waals surface area contributed by atoms with E-state index < -0.39 is 15.9 Å². The number of amides is 1. The predicted molar refractivity (Wildman–Crippen MR) is 106 cm³/mol. The molecule has 10 heteroatoms. The van der Waals surface area contributed by atoms with Gasteiger partial charge in [-0.05, 0) is 29.6 Å². The Bertz CT molecular complexity index is 1070. The number of hydrogen-bond acceptors (Lipinski definition) is 6. The number of anilines is 1. The Hall–Kier alpha value is -2.53. The lowest BCUT2D eigenvalue weighted by atomic mass is 10.1. The van der Waals surface area contributed by atoms with Gasteiger partial charge < -0.3 is 10.1 Å². The number of hydrogen-bond donors (Lipinski definition) is 2. The molecule has 0 radical (unpaired) electrons. The van der Waals surface area contributed by atoms with Crippen LogP contribution >= 0.6 is 11.3 Å². The fourth-order valence-corrected chi connectivity index (χ4v) is 5.67. The van der Waals surface area contributed by atoms with Gasteiger partial charge in [-0.25, -0.2) is 8.42 Å². The summed E-state index contributed by atoms with van der Waals surface area (Å²) in [4.78, 5) is 13.0. The summed E-state index contributed by atoms with van der Waals surface area (Å²) in [5.74, 6) is -0.455. The van der Waals surface area contributed by atoms with Crippen molar-refractivity contribution in [3.63, 3.8) is 0 Å². The average Bonchev–Trinajstić information content (AvgIpc) is 3.41. The number of nitrogens with zero attached hydrogens (tertiary/aromatic N) is 2. The third-order valence-electron chi connectivity index (χ3n) is 4.36. The molecule has 3 heterocycles. The number of thiophene rings is 1. The lowest BCUT2D eigenvalue weighted by molar-refractivity contribution is 0.0730. The van der Waals surface area contributed by atoms with Crippen LogP contribution < -0.4 is 5.32 Å². The molecule has 0 saturated carbocycles. The van der Waals surface area contributed by atoms with E-state index in [9.17, 15) is 13.2 Å². The van der Waals surface area contributed by atoms with E-state index in [-0.39, 0.29) is 22.9 Å². The number of morpholine rings is 1. The van der Waals surface area contributed by atoms with Crippen molar-refractivity contribution in [2.45, 2.75) is 4.90 Å². The molecule has 1 aliphatic rings. The molecule has 0 unspecified atom stereocenters. The first kappa shape index (κ1) is 18.8. The average molecular weight is 419 g/mol. The Morgan fingerprint density at radius 1 is 1.21 bits per heavy atom. The summed E-state index contributed by atoms with van der Waals surface area (Å²) in [5, 5.41) is 11.2. The molecule has 8 nitrogen and oxygen atoms in total. The van der Waals surface area contributed by atoms with E-state index in [1.165, 1.54) is 10.4 Å². The standard InChI is InChI=1S/C18H18N4O4S2/c23-18(20-14-3-1-2-13(12-14)15-4-6-19-21-15)17-16(5-11-27-17)28(24,25)22-7-9-26-10-8-22/h1-6,11-12H,7-10H2,(H,19,21)(H,20,23). The molecule has 4 rings (SSSR count). The number of aromatic nitrogens is 2. The lowest BCUT2D eigenvalue weighted by Crippen LogP contribution is -2.41. The second-order valence-corrected chi connectivity index (χ2v) is 8.96. The number of aromatic amines is 1. The van der Waals surface area contributed by atoms with Gasteiger partial charge in [0.1, 0.15) is 9.77 Å². The fourth-order valence-electron chi connectivity index (χ4n) is 2.96. The van der Waals surface area contributed by atoms with Crippen LogP contribution in [0, 0.1) is 0 Å². The number of ether oxygens (including phenoxy) is 1. The largest absolute Gasteiger partial charge is 0.379 e. The van der Waals surface area contributed by atoms with E-state index in [0.717, 1.165) is 22.6 Å². The van der Waals surface area contributed by atoms with Gasteiger partial charge in [-0.2, -0.15) is 9.40 Å². The molecule has 2 N–H and O–H groups in total. The van der Waals surface area contributed by atoms with E-state index in [1.807, 2.05) is 18.2 Å². The molecule has 0 atom stereocenters. The van der Waals surface area contributed by atoms with Crippen molar-refractivity contribution in [1.29, 1.82) is 0 Å². The van der Waals surface area contributed by atoms with Crippen LogP contribution in [-0.4, -0.2) is 55.1 Å². The summed E-state index contributed by atoms with van der Waals surface area (Å²) in [6.07, 6.45) is 1.65. The van der Waals surface area contributed by atoms with Crippen molar-refractivity contribution in [2.24, 2.45) is 0 Å². The van der Waals surface area contributed by atoms with Crippen molar-refractivity contribution in [3.05, 3.63) is 52.9 Å². The number of H-pyrrole nitrogens is 1. The van der Waals surface area contributed by atoms with Gasteiger partial charge in [-0.15, -0.1) is 11.3 Å². The summed E-state index contributed by atoms with van der Waals surface area (Å²) in [5.41, 5.74) is 2.26. The highest BCUT2D eigenvalue weighted by atomic mass is 32.2. The minimum Gasteiger partial charge on any atom is -0.379 e. The lowest BCUT2D eigenvalue weighted by Gasteiger charge is -2.26. The van der Waals surface area contributed by atoms with Crippen LogP contribution in [0.5, 0.6) is 0 Å². The highest BCUT2D eigenvalue weighted by Gasteiger charge is 2.31. The summed E-state index contributed by atoms with van der Waals surface area (Å²) in [6, 6.07) is 10.6. The molecular weight excluding hydrogens is 400 g/mol. The summed E-state index contributed by atoms with van der Waals surface area (Å²) in [7, 11) is -3.74.